The normalized spacial score (nSPS) is 17.4. The second-order valence-corrected chi connectivity index (χ2v) is 13.5. The number of aliphatic hydroxyl groups excluding tert-OH is 1. The summed E-state index contributed by atoms with van der Waals surface area (Å²) in [6.07, 6.45) is 3.41. The predicted molar refractivity (Wildman–Crippen MR) is 198 cm³/mol. The van der Waals surface area contributed by atoms with Crippen molar-refractivity contribution in [2.24, 2.45) is 0 Å². The molecule has 0 aliphatic carbocycles. The van der Waals surface area contributed by atoms with Crippen molar-refractivity contribution < 1.29 is 19.5 Å². The maximum Gasteiger partial charge on any atom is 0.321 e. The number of aromatic nitrogens is 3. The number of fused-ring (bicyclic) bond motifs is 1. The third-order valence-electron chi connectivity index (χ3n) is 9.50. The molecule has 14 nitrogen and oxygen atoms in total. The SMILES string of the molecule is CC[C@@H](CO)Nc1cc(NCc2ccc(NC(=O)N3CCN(Cc4ccccc4NC4CCC(=O)NC4=O)CC3)cc2)n2ncc(C(C)C)c2n1. The predicted octanol–water partition coefficient (Wildman–Crippen LogP) is 4.21. The van der Waals surface area contributed by atoms with Gasteiger partial charge in [-0.1, -0.05) is 51.1 Å². The molecule has 270 valence electrons. The second kappa shape index (κ2) is 16.2. The van der Waals surface area contributed by atoms with Crippen LogP contribution >= 0.6 is 0 Å². The van der Waals surface area contributed by atoms with Crippen LogP contribution < -0.4 is 26.6 Å². The number of nitrogens with one attached hydrogen (secondary N) is 5. The highest BCUT2D eigenvalue weighted by atomic mass is 16.3. The first-order chi connectivity index (χ1) is 24.7. The molecule has 51 heavy (non-hydrogen) atoms. The number of carbonyl (C=O) groups excluding carboxylic acids is 3. The fourth-order valence-corrected chi connectivity index (χ4v) is 6.34. The molecule has 2 fully saturated rings. The molecular formula is C37H48N10O4. The summed E-state index contributed by atoms with van der Waals surface area (Å²) >= 11 is 0. The summed E-state index contributed by atoms with van der Waals surface area (Å²) in [5.41, 5.74) is 5.52. The summed E-state index contributed by atoms with van der Waals surface area (Å²) < 4.78 is 1.81. The number of urea groups is 1. The van der Waals surface area contributed by atoms with Crippen LogP contribution in [0.5, 0.6) is 0 Å². The number of hydrogen-bond donors (Lipinski definition) is 6. The van der Waals surface area contributed by atoms with Gasteiger partial charge >= 0.3 is 6.03 Å². The molecule has 4 heterocycles. The average Bonchev–Trinajstić information content (AvgIpc) is 3.57. The van der Waals surface area contributed by atoms with Gasteiger partial charge in [0.25, 0.3) is 0 Å². The number of piperidine rings is 1. The van der Waals surface area contributed by atoms with Crippen LogP contribution in [-0.4, -0.2) is 92.2 Å². The van der Waals surface area contributed by atoms with Gasteiger partial charge in [-0.25, -0.2) is 9.78 Å². The minimum atomic E-state index is -0.440. The topological polar surface area (TPSA) is 168 Å². The van der Waals surface area contributed by atoms with Gasteiger partial charge in [-0.3, -0.25) is 19.8 Å². The van der Waals surface area contributed by atoms with Gasteiger partial charge in [0.1, 0.15) is 17.7 Å². The number of imide groups is 1. The summed E-state index contributed by atoms with van der Waals surface area (Å²) in [4.78, 5) is 45.9. The molecule has 4 amide bonds. The number of para-hydroxylation sites is 1. The molecule has 1 unspecified atom stereocenters. The minimum Gasteiger partial charge on any atom is -0.394 e. The fourth-order valence-electron chi connectivity index (χ4n) is 6.34. The summed E-state index contributed by atoms with van der Waals surface area (Å²) in [5.74, 6) is 1.19. The number of hydrogen-bond acceptors (Lipinski definition) is 10. The number of rotatable bonds is 13. The van der Waals surface area contributed by atoms with E-state index in [-0.39, 0.29) is 36.4 Å². The smallest absolute Gasteiger partial charge is 0.321 e. The molecule has 4 aromatic rings. The summed E-state index contributed by atoms with van der Waals surface area (Å²) in [5, 5.41) is 29.9. The molecule has 6 rings (SSSR count). The molecule has 2 aromatic carbocycles. The maximum atomic E-state index is 13.2. The van der Waals surface area contributed by atoms with Gasteiger partial charge < -0.3 is 31.3 Å². The van der Waals surface area contributed by atoms with E-state index in [1.54, 1.807) is 0 Å². The number of aliphatic hydroxyl groups is 1. The summed E-state index contributed by atoms with van der Waals surface area (Å²) in [6, 6.07) is 16.9. The largest absolute Gasteiger partial charge is 0.394 e. The molecule has 0 radical (unpaired) electrons. The van der Waals surface area contributed by atoms with E-state index >= 15 is 0 Å². The lowest BCUT2D eigenvalue weighted by Gasteiger charge is -2.35. The highest BCUT2D eigenvalue weighted by Gasteiger charge is 2.27. The van der Waals surface area contributed by atoms with Crippen LogP contribution in [0.2, 0.25) is 0 Å². The van der Waals surface area contributed by atoms with Crippen molar-refractivity contribution in [2.75, 3.05) is 54.1 Å². The van der Waals surface area contributed by atoms with Gasteiger partial charge in [-0.2, -0.15) is 9.61 Å². The zero-order valence-corrected chi connectivity index (χ0v) is 29.5. The van der Waals surface area contributed by atoms with Crippen molar-refractivity contribution in [3.05, 3.63) is 77.5 Å². The molecule has 2 saturated heterocycles. The van der Waals surface area contributed by atoms with Crippen molar-refractivity contribution in [1.82, 2.24) is 29.7 Å². The first-order valence-corrected chi connectivity index (χ1v) is 17.8. The van der Waals surface area contributed by atoms with Gasteiger partial charge in [0.05, 0.1) is 18.8 Å². The first-order valence-electron chi connectivity index (χ1n) is 17.8. The zero-order chi connectivity index (χ0) is 35.9. The Hall–Kier alpha value is -5.21. The minimum absolute atomic E-state index is 0.0180. The summed E-state index contributed by atoms with van der Waals surface area (Å²) in [7, 11) is 0. The molecule has 14 heteroatoms. The van der Waals surface area contributed by atoms with Crippen molar-refractivity contribution in [2.45, 2.75) is 71.1 Å². The Bertz CT molecular complexity index is 1830. The Balaban J connectivity index is 1.01. The lowest BCUT2D eigenvalue weighted by Crippen LogP contribution is -2.49. The number of amides is 4. The fraction of sp³-hybridized carbons (Fsp3) is 0.432. The quantitative estimate of drug-likeness (QED) is 0.111. The number of carbonyl (C=O) groups is 3. The number of anilines is 4. The van der Waals surface area contributed by atoms with Crippen LogP contribution in [0, 0.1) is 0 Å². The first kappa shape index (κ1) is 35.6. The lowest BCUT2D eigenvalue weighted by atomic mass is 10.0. The summed E-state index contributed by atoms with van der Waals surface area (Å²) in [6.45, 7) is 10.1. The van der Waals surface area contributed by atoms with E-state index in [0.29, 0.717) is 44.8 Å². The number of nitrogens with zero attached hydrogens (tertiary/aromatic N) is 5. The molecule has 0 bridgehead atoms. The van der Waals surface area contributed by atoms with Crippen LogP contribution in [0.1, 0.15) is 62.6 Å². The molecule has 2 aliphatic heterocycles. The molecule has 0 spiro atoms. The van der Waals surface area contributed by atoms with Gasteiger partial charge in [0, 0.05) is 68.7 Å². The van der Waals surface area contributed by atoms with Crippen molar-refractivity contribution in [1.29, 1.82) is 0 Å². The second-order valence-electron chi connectivity index (χ2n) is 13.5. The van der Waals surface area contributed by atoms with Crippen LogP contribution in [0.15, 0.2) is 60.8 Å². The van der Waals surface area contributed by atoms with Crippen molar-refractivity contribution >= 4 is 46.5 Å². The highest BCUT2D eigenvalue weighted by molar-refractivity contribution is 6.01. The maximum absolute atomic E-state index is 13.2. The molecular weight excluding hydrogens is 648 g/mol. The molecule has 6 N–H and O–H groups in total. The van der Waals surface area contributed by atoms with E-state index in [1.807, 2.05) is 77.1 Å². The Morgan fingerprint density at radius 1 is 1.06 bits per heavy atom. The van der Waals surface area contributed by atoms with Crippen LogP contribution in [0.4, 0.5) is 27.8 Å². The highest BCUT2D eigenvalue weighted by Crippen LogP contribution is 2.26. The van der Waals surface area contributed by atoms with Crippen LogP contribution in [-0.2, 0) is 22.7 Å². The van der Waals surface area contributed by atoms with E-state index in [0.717, 1.165) is 59.0 Å². The molecule has 0 saturated carbocycles. The number of benzene rings is 2. The van der Waals surface area contributed by atoms with E-state index in [1.165, 1.54) is 0 Å². The Labute approximate surface area is 298 Å². The average molecular weight is 697 g/mol. The van der Waals surface area contributed by atoms with Gasteiger partial charge in [0.15, 0.2) is 5.65 Å². The molecule has 2 atom stereocenters. The van der Waals surface area contributed by atoms with E-state index in [9.17, 15) is 19.5 Å². The van der Waals surface area contributed by atoms with Gasteiger partial charge in [-0.15, -0.1) is 0 Å². The third kappa shape index (κ3) is 8.75. The third-order valence-corrected chi connectivity index (χ3v) is 9.50. The van der Waals surface area contributed by atoms with E-state index in [4.69, 9.17) is 4.98 Å². The monoisotopic (exact) mass is 696 g/mol. The van der Waals surface area contributed by atoms with E-state index < -0.39 is 6.04 Å². The molecule has 2 aliphatic rings. The zero-order valence-electron chi connectivity index (χ0n) is 29.5. The van der Waals surface area contributed by atoms with Crippen LogP contribution in [0.3, 0.4) is 0 Å². The lowest BCUT2D eigenvalue weighted by molar-refractivity contribution is -0.133. The van der Waals surface area contributed by atoms with E-state index in [2.05, 4.69) is 50.4 Å². The Morgan fingerprint density at radius 3 is 2.53 bits per heavy atom. The number of piperazine rings is 1. The van der Waals surface area contributed by atoms with Crippen molar-refractivity contribution in [3.63, 3.8) is 0 Å². The van der Waals surface area contributed by atoms with Gasteiger partial charge in [0.2, 0.25) is 11.8 Å². The molecule has 2 aromatic heterocycles. The standard InChI is InChI=1S/C37H48N10O4/c1-4-27(23-48)40-32-19-33(47-35(43-32)29(21-39-47)24(2)3)38-20-25-9-11-28(12-10-25)41-37(51)46-17-15-45(16-18-46)22-26-7-5-6-8-30(26)42-31-13-14-34(49)44-36(31)50/h5-12,19,21,24,27,31,38,42,48H,4,13-18,20,22-23H2,1-3H3,(H,40,43)(H,41,51)(H,44,49,50)/t27-,31?/m0/s1. The van der Waals surface area contributed by atoms with Crippen molar-refractivity contribution in [3.8, 4) is 0 Å². The Morgan fingerprint density at radius 2 is 1.82 bits per heavy atom. The van der Waals surface area contributed by atoms with Gasteiger partial charge in [-0.05, 0) is 48.1 Å². The van der Waals surface area contributed by atoms with Crippen LogP contribution in [0.25, 0.3) is 5.65 Å². The Kier molecular flexibility index (Phi) is 11.3.